The predicted molar refractivity (Wildman–Crippen MR) is 67.1 cm³/mol. The van der Waals surface area contributed by atoms with E-state index in [0.29, 0.717) is 11.8 Å². The zero-order valence-corrected chi connectivity index (χ0v) is 10.2. The summed E-state index contributed by atoms with van der Waals surface area (Å²) in [4.78, 5) is 0. The lowest BCUT2D eigenvalue weighted by Gasteiger charge is -2.30. The molecule has 88 valence electrons. The van der Waals surface area contributed by atoms with Crippen LogP contribution in [0.5, 0.6) is 5.75 Å². The zero-order valence-electron chi connectivity index (χ0n) is 10.2. The van der Waals surface area contributed by atoms with Crippen molar-refractivity contribution in [2.75, 3.05) is 13.7 Å². The maximum atomic E-state index is 5.69. The fourth-order valence-electron chi connectivity index (χ4n) is 2.75. The molecule has 0 fully saturated rings. The van der Waals surface area contributed by atoms with Crippen LogP contribution in [0.3, 0.4) is 0 Å². The van der Waals surface area contributed by atoms with E-state index in [9.17, 15) is 0 Å². The standard InChI is InChI=1S/C14H21NO/c1-10-3-4-11(7-8-15)14-9-12(16-2)5-6-13(10)14/h5-6,9-11H,3-4,7-8,15H2,1-2H3. The number of nitrogens with two attached hydrogens (primary N) is 1. The largest absolute Gasteiger partial charge is 0.497 e. The van der Waals surface area contributed by atoms with E-state index in [1.165, 1.54) is 24.0 Å². The Bertz CT molecular complexity index is 362. The van der Waals surface area contributed by atoms with Gasteiger partial charge in [0.1, 0.15) is 5.75 Å². The summed E-state index contributed by atoms with van der Waals surface area (Å²) >= 11 is 0. The molecule has 1 aromatic rings. The normalized spacial score (nSPS) is 23.9. The van der Waals surface area contributed by atoms with Crippen LogP contribution in [0.25, 0.3) is 0 Å². The molecule has 0 aliphatic heterocycles. The second-order valence-corrected chi connectivity index (χ2v) is 4.75. The summed E-state index contributed by atoms with van der Waals surface area (Å²) in [5, 5.41) is 0. The quantitative estimate of drug-likeness (QED) is 0.848. The van der Waals surface area contributed by atoms with E-state index in [1.54, 1.807) is 7.11 Å². The van der Waals surface area contributed by atoms with Gasteiger partial charge < -0.3 is 10.5 Å². The smallest absolute Gasteiger partial charge is 0.119 e. The Morgan fingerprint density at radius 2 is 2.12 bits per heavy atom. The Hall–Kier alpha value is -1.02. The van der Waals surface area contributed by atoms with Gasteiger partial charge in [0.25, 0.3) is 0 Å². The molecule has 0 amide bonds. The molecule has 0 spiro atoms. The van der Waals surface area contributed by atoms with Crippen LogP contribution in [-0.4, -0.2) is 13.7 Å². The molecule has 0 heterocycles. The van der Waals surface area contributed by atoms with Gasteiger partial charge in [0.05, 0.1) is 7.11 Å². The second-order valence-electron chi connectivity index (χ2n) is 4.75. The molecule has 1 aromatic carbocycles. The third kappa shape index (κ3) is 2.07. The summed E-state index contributed by atoms with van der Waals surface area (Å²) < 4.78 is 5.31. The number of hydrogen-bond acceptors (Lipinski definition) is 2. The van der Waals surface area contributed by atoms with E-state index in [4.69, 9.17) is 10.5 Å². The summed E-state index contributed by atoms with van der Waals surface area (Å²) in [6.45, 7) is 3.08. The molecule has 1 aliphatic rings. The molecule has 1 aliphatic carbocycles. The first-order valence-electron chi connectivity index (χ1n) is 6.14. The Kier molecular flexibility index (Phi) is 3.49. The van der Waals surface area contributed by atoms with Crippen LogP contribution in [0.15, 0.2) is 18.2 Å². The van der Waals surface area contributed by atoms with Gasteiger partial charge in [-0.3, -0.25) is 0 Å². The summed E-state index contributed by atoms with van der Waals surface area (Å²) in [5.74, 6) is 2.27. The predicted octanol–water partition coefficient (Wildman–Crippen LogP) is 3.02. The minimum absolute atomic E-state index is 0.631. The van der Waals surface area contributed by atoms with Crippen LogP contribution in [0.2, 0.25) is 0 Å². The molecule has 0 radical (unpaired) electrons. The maximum Gasteiger partial charge on any atom is 0.119 e. The van der Waals surface area contributed by atoms with Crippen LogP contribution < -0.4 is 10.5 Å². The van der Waals surface area contributed by atoms with E-state index in [0.717, 1.165) is 18.7 Å². The van der Waals surface area contributed by atoms with Gasteiger partial charge in [-0.05, 0) is 60.9 Å². The van der Waals surface area contributed by atoms with Crippen molar-refractivity contribution < 1.29 is 4.74 Å². The van der Waals surface area contributed by atoms with Crippen LogP contribution in [0.1, 0.15) is 49.1 Å². The van der Waals surface area contributed by atoms with E-state index in [1.807, 2.05) is 0 Å². The average molecular weight is 219 g/mol. The molecule has 2 atom stereocenters. The maximum absolute atomic E-state index is 5.69. The number of methoxy groups -OCH3 is 1. The molecule has 2 nitrogen and oxygen atoms in total. The van der Waals surface area contributed by atoms with Crippen molar-refractivity contribution in [1.29, 1.82) is 0 Å². The van der Waals surface area contributed by atoms with Crippen LogP contribution >= 0.6 is 0 Å². The highest BCUT2D eigenvalue weighted by Crippen LogP contribution is 2.41. The lowest BCUT2D eigenvalue weighted by Crippen LogP contribution is -2.16. The highest BCUT2D eigenvalue weighted by Gasteiger charge is 2.24. The second kappa shape index (κ2) is 4.88. The molecule has 0 saturated carbocycles. The Morgan fingerprint density at radius 3 is 2.81 bits per heavy atom. The van der Waals surface area contributed by atoms with Gasteiger partial charge in [-0.25, -0.2) is 0 Å². The van der Waals surface area contributed by atoms with Crippen molar-refractivity contribution in [3.05, 3.63) is 29.3 Å². The zero-order chi connectivity index (χ0) is 11.5. The molecular weight excluding hydrogens is 198 g/mol. The molecular formula is C14H21NO. The van der Waals surface area contributed by atoms with E-state index in [-0.39, 0.29) is 0 Å². The summed E-state index contributed by atoms with van der Waals surface area (Å²) in [7, 11) is 1.73. The highest BCUT2D eigenvalue weighted by molar-refractivity contribution is 5.41. The Morgan fingerprint density at radius 1 is 1.31 bits per heavy atom. The van der Waals surface area contributed by atoms with Crippen LogP contribution in [0.4, 0.5) is 0 Å². The molecule has 0 bridgehead atoms. The first-order valence-corrected chi connectivity index (χ1v) is 6.14. The van der Waals surface area contributed by atoms with Gasteiger partial charge >= 0.3 is 0 Å². The molecule has 16 heavy (non-hydrogen) atoms. The molecule has 2 heteroatoms. The van der Waals surface area contributed by atoms with Crippen LogP contribution in [-0.2, 0) is 0 Å². The summed E-state index contributed by atoms with van der Waals surface area (Å²) in [5.41, 5.74) is 8.64. The molecule has 2 rings (SSSR count). The van der Waals surface area contributed by atoms with Crippen molar-refractivity contribution >= 4 is 0 Å². The number of rotatable bonds is 3. The van der Waals surface area contributed by atoms with E-state index in [2.05, 4.69) is 25.1 Å². The van der Waals surface area contributed by atoms with E-state index >= 15 is 0 Å². The topological polar surface area (TPSA) is 35.2 Å². The van der Waals surface area contributed by atoms with Gasteiger partial charge in [-0.1, -0.05) is 13.0 Å². The van der Waals surface area contributed by atoms with Crippen molar-refractivity contribution in [2.45, 2.75) is 38.0 Å². The fraction of sp³-hybridized carbons (Fsp3) is 0.571. The third-order valence-electron chi connectivity index (χ3n) is 3.73. The monoisotopic (exact) mass is 219 g/mol. The lowest BCUT2D eigenvalue weighted by molar-refractivity contribution is 0.410. The van der Waals surface area contributed by atoms with Crippen LogP contribution in [0, 0.1) is 0 Å². The van der Waals surface area contributed by atoms with Gasteiger partial charge in [0, 0.05) is 0 Å². The van der Waals surface area contributed by atoms with Crippen molar-refractivity contribution in [1.82, 2.24) is 0 Å². The van der Waals surface area contributed by atoms with Crippen molar-refractivity contribution in [3.8, 4) is 5.75 Å². The first kappa shape index (κ1) is 11.5. The summed E-state index contributed by atoms with van der Waals surface area (Å²) in [6.07, 6.45) is 3.63. The van der Waals surface area contributed by atoms with E-state index < -0.39 is 0 Å². The molecule has 2 unspecified atom stereocenters. The number of benzene rings is 1. The lowest BCUT2D eigenvalue weighted by atomic mass is 9.76. The highest BCUT2D eigenvalue weighted by atomic mass is 16.5. The number of hydrogen-bond donors (Lipinski definition) is 1. The minimum Gasteiger partial charge on any atom is -0.497 e. The molecule has 2 N–H and O–H groups in total. The SMILES string of the molecule is COc1ccc2c(c1)C(CCN)CCC2C. The van der Waals surface area contributed by atoms with Gasteiger partial charge in [-0.15, -0.1) is 0 Å². The Balaban J connectivity index is 2.36. The van der Waals surface area contributed by atoms with Gasteiger partial charge in [0.2, 0.25) is 0 Å². The molecule has 0 saturated heterocycles. The van der Waals surface area contributed by atoms with Crippen molar-refractivity contribution in [3.63, 3.8) is 0 Å². The summed E-state index contributed by atoms with van der Waals surface area (Å²) in [6, 6.07) is 6.49. The number of fused-ring (bicyclic) bond motifs is 1. The molecule has 0 aromatic heterocycles. The average Bonchev–Trinajstić information content (AvgIpc) is 2.32. The minimum atomic E-state index is 0.631. The van der Waals surface area contributed by atoms with Crippen molar-refractivity contribution in [2.24, 2.45) is 5.73 Å². The Labute approximate surface area is 97.8 Å². The van der Waals surface area contributed by atoms with Gasteiger partial charge in [-0.2, -0.15) is 0 Å². The first-order chi connectivity index (χ1) is 7.76. The fourth-order valence-corrected chi connectivity index (χ4v) is 2.75. The van der Waals surface area contributed by atoms with Gasteiger partial charge in [0.15, 0.2) is 0 Å². The third-order valence-corrected chi connectivity index (χ3v) is 3.73. The number of ether oxygens (including phenoxy) is 1.